The van der Waals surface area contributed by atoms with E-state index in [1.54, 1.807) is 24.3 Å². The Morgan fingerprint density at radius 3 is 1.89 bits per heavy atom. The second-order valence-electron chi connectivity index (χ2n) is 9.94. The van der Waals surface area contributed by atoms with E-state index in [0.717, 1.165) is 44.9 Å². The number of aryl methyl sites for hydroxylation is 2. The molecular formula is C34H29F2NO. The van der Waals surface area contributed by atoms with Crippen molar-refractivity contribution < 1.29 is 13.2 Å². The molecule has 6 rings (SSSR count). The fourth-order valence-electron chi connectivity index (χ4n) is 5.53. The Labute approximate surface area is 222 Å². The number of hydrogen-bond acceptors (Lipinski definition) is 2. The highest BCUT2D eigenvalue weighted by molar-refractivity contribution is 5.78. The molecule has 4 heteroatoms. The molecule has 2 nitrogen and oxygen atoms in total. The van der Waals surface area contributed by atoms with Crippen LogP contribution in [0.25, 0.3) is 22.3 Å². The van der Waals surface area contributed by atoms with Crippen molar-refractivity contribution in [2.75, 3.05) is 0 Å². The van der Waals surface area contributed by atoms with E-state index in [-0.39, 0.29) is 18.0 Å². The molecule has 1 atom stereocenters. The van der Waals surface area contributed by atoms with Crippen LogP contribution in [-0.2, 0) is 12.3 Å². The second-order valence-corrected chi connectivity index (χ2v) is 9.94. The van der Waals surface area contributed by atoms with E-state index >= 15 is 8.78 Å². The number of alkyl halides is 2. The van der Waals surface area contributed by atoms with Crippen LogP contribution >= 0.6 is 0 Å². The lowest BCUT2D eigenvalue weighted by Crippen LogP contribution is -2.45. The first kappa shape index (κ1) is 24.3. The molecule has 1 aliphatic carbocycles. The van der Waals surface area contributed by atoms with Crippen LogP contribution in [0.1, 0.15) is 40.7 Å². The maximum Gasteiger partial charge on any atom is 0.288 e. The molecule has 0 bridgehead atoms. The molecule has 38 heavy (non-hydrogen) atoms. The lowest BCUT2D eigenvalue weighted by atomic mass is 9.93. The minimum absolute atomic E-state index is 0.00451. The molecule has 0 amide bonds. The first-order chi connectivity index (χ1) is 18.5. The molecule has 0 saturated heterocycles. The largest absolute Gasteiger partial charge is 0.466 e. The number of halogens is 2. The quantitative estimate of drug-likeness (QED) is 0.228. The van der Waals surface area contributed by atoms with Crippen molar-refractivity contribution in [2.24, 2.45) is 0 Å². The van der Waals surface area contributed by atoms with Crippen LogP contribution in [0, 0.1) is 6.92 Å². The second kappa shape index (κ2) is 10.0. The summed E-state index contributed by atoms with van der Waals surface area (Å²) in [6.45, 7) is 1.87. The van der Waals surface area contributed by atoms with E-state index in [9.17, 15) is 0 Å². The Bertz CT molecular complexity index is 1490. The Morgan fingerprint density at radius 2 is 1.29 bits per heavy atom. The zero-order valence-corrected chi connectivity index (χ0v) is 21.2. The molecule has 1 aliphatic rings. The normalized spacial score (nSPS) is 13.8. The van der Waals surface area contributed by atoms with Crippen LogP contribution in [0.2, 0.25) is 0 Å². The van der Waals surface area contributed by atoms with Gasteiger partial charge >= 0.3 is 0 Å². The highest BCUT2D eigenvalue weighted by Crippen LogP contribution is 2.45. The third-order valence-electron chi connectivity index (χ3n) is 7.49. The van der Waals surface area contributed by atoms with Crippen molar-refractivity contribution in [1.82, 2.24) is 5.32 Å². The van der Waals surface area contributed by atoms with Gasteiger partial charge in [0.1, 0.15) is 11.5 Å². The first-order valence-electron chi connectivity index (χ1n) is 13.0. The molecule has 1 unspecified atom stereocenters. The highest BCUT2D eigenvalue weighted by Gasteiger charge is 2.43. The Balaban J connectivity index is 1.34. The monoisotopic (exact) mass is 505 g/mol. The number of fused-ring (bicyclic) bond motifs is 3. The maximum absolute atomic E-state index is 16.4. The van der Waals surface area contributed by atoms with Crippen molar-refractivity contribution in [3.8, 4) is 22.3 Å². The smallest absolute Gasteiger partial charge is 0.288 e. The van der Waals surface area contributed by atoms with Gasteiger partial charge in [-0.2, -0.15) is 8.78 Å². The zero-order valence-electron chi connectivity index (χ0n) is 21.2. The third kappa shape index (κ3) is 4.57. The molecule has 1 heterocycles. The van der Waals surface area contributed by atoms with Crippen molar-refractivity contribution >= 4 is 0 Å². The van der Waals surface area contributed by atoms with Gasteiger partial charge in [-0.05, 0) is 58.9 Å². The number of rotatable bonds is 8. The molecular weight excluding hydrogens is 476 g/mol. The zero-order chi connectivity index (χ0) is 26.1. The van der Waals surface area contributed by atoms with Gasteiger partial charge in [0.05, 0.1) is 12.1 Å². The topological polar surface area (TPSA) is 25.2 Å². The summed E-state index contributed by atoms with van der Waals surface area (Å²) in [7, 11) is 0. The molecule has 1 N–H and O–H groups in total. The summed E-state index contributed by atoms with van der Waals surface area (Å²) >= 11 is 0. The van der Waals surface area contributed by atoms with E-state index in [2.05, 4.69) is 17.4 Å². The van der Waals surface area contributed by atoms with Gasteiger partial charge in [0.15, 0.2) is 0 Å². The third-order valence-corrected chi connectivity index (χ3v) is 7.49. The maximum atomic E-state index is 16.4. The number of benzene rings is 4. The van der Waals surface area contributed by atoms with Crippen LogP contribution in [0.5, 0.6) is 0 Å². The lowest BCUT2D eigenvalue weighted by Gasteiger charge is -2.31. The van der Waals surface area contributed by atoms with E-state index in [1.807, 2.05) is 85.8 Å². The van der Waals surface area contributed by atoms with Crippen molar-refractivity contribution in [3.05, 3.63) is 143 Å². The Morgan fingerprint density at radius 1 is 0.711 bits per heavy atom. The molecule has 4 aromatic carbocycles. The summed E-state index contributed by atoms with van der Waals surface area (Å²) in [6, 6.07) is 35.0. The first-order valence-corrected chi connectivity index (χ1v) is 13.0. The van der Waals surface area contributed by atoms with Gasteiger partial charge in [-0.15, -0.1) is 0 Å². The Hall–Kier alpha value is -4.02. The summed E-state index contributed by atoms with van der Waals surface area (Å²) in [5.74, 6) is -1.60. The van der Waals surface area contributed by atoms with Gasteiger partial charge in [0.2, 0.25) is 0 Å². The Kier molecular flexibility index (Phi) is 6.42. The van der Waals surface area contributed by atoms with Crippen LogP contribution in [0.15, 0.2) is 120 Å². The molecule has 190 valence electrons. The minimum Gasteiger partial charge on any atom is -0.466 e. The molecule has 1 aromatic heterocycles. The molecule has 0 fully saturated rings. The van der Waals surface area contributed by atoms with Gasteiger partial charge in [-0.3, -0.25) is 5.32 Å². The molecule has 0 spiro atoms. The van der Waals surface area contributed by atoms with Gasteiger partial charge in [-0.1, -0.05) is 103 Å². The predicted octanol–water partition coefficient (Wildman–Crippen LogP) is 8.71. The van der Waals surface area contributed by atoms with Crippen molar-refractivity contribution in [2.45, 2.75) is 37.8 Å². The fraction of sp³-hybridized carbons (Fsp3) is 0.176. The molecule has 5 aromatic rings. The lowest BCUT2D eigenvalue weighted by molar-refractivity contribution is -0.0487. The van der Waals surface area contributed by atoms with Gasteiger partial charge in [0, 0.05) is 12.0 Å². The van der Waals surface area contributed by atoms with E-state index < -0.39 is 12.0 Å². The number of nitrogens with one attached hydrogen (secondary N) is 1. The summed E-state index contributed by atoms with van der Waals surface area (Å²) in [5, 5.41) is 3.40. The summed E-state index contributed by atoms with van der Waals surface area (Å²) in [5.41, 5.74) is 6.17. The van der Waals surface area contributed by atoms with Crippen LogP contribution in [-0.4, -0.2) is 6.04 Å². The molecule has 0 radical (unpaired) electrons. The van der Waals surface area contributed by atoms with Crippen molar-refractivity contribution in [3.63, 3.8) is 0 Å². The van der Waals surface area contributed by atoms with Crippen LogP contribution < -0.4 is 5.32 Å². The summed E-state index contributed by atoms with van der Waals surface area (Å²) < 4.78 is 38.5. The van der Waals surface area contributed by atoms with Gasteiger partial charge in [0.25, 0.3) is 5.92 Å². The standard InChI is InChI=1S/C34H29F2NO/c1-23-15-20-27(38-23)21-22-32(34(35,36)26-18-16-25(17-19-26)24-9-3-2-4-10-24)37-33-30-13-7-5-11-28(30)29-12-6-8-14-31(29)33/h2-20,32-33,37H,21-22H2,1H3. The minimum atomic E-state index is -3.11. The van der Waals surface area contributed by atoms with E-state index in [4.69, 9.17) is 4.42 Å². The van der Waals surface area contributed by atoms with Crippen molar-refractivity contribution in [1.29, 1.82) is 0 Å². The van der Waals surface area contributed by atoms with Gasteiger partial charge < -0.3 is 4.42 Å². The van der Waals surface area contributed by atoms with Crippen LogP contribution in [0.3, 0.4) is 0 Å². The SMILES string of the molecule is Cc1ccc(CCC(NC2c3ccccc3-c3ccccc32)C(F)(F)c2ccc(-c3ccccc3)cc2)o1. The molecule has 0 saturated carbocycles. The van der Waals surface area contributed by atoms with E-state index in [1.165, 1.54) is 0 Å². The number of furan rings is 1. The fourth-order valence-corrected chi connectivity index (χ4v) is 5.53. The van der Waals surface area contributed by atoms with E-state index in [0.29, 0.717) is 6.42 Å². The highest BCUT2D eigenvalue weighted by atomic mass is 19.3. The number of hydrogen-bond donors (Lipinski definition) is 1. The molecule has 0 aliphatic heterocycles. The average Bonchev–Trinajstić information content (AvgIpc) is 3.52. The van der Waals surface area contributed by atoms with Gasteiger partial charge in [-0.25, -0.2) is 0 Å². The van der Waals surface area contributed by atoms with Crippen LogP contribution in [0.4, 0.5) is 8.78 Å². The summed E-state index contributed by atoms with van der Waals surface area (Å²) in [6.07, 6.45) is 0.639. The summed E-state index contributed by atoms with van der Waals surface area (Å²) in [4.78, 5) is 0. The average molecular weight is 506 g/mol. The predicted molar refractivity (Wildman–Crippen MR) is 148 cm³/mol.